The van der Waals surface area contributed by atoms with Crippen LogP contribution in [0.5, 0.6) is 0 Å². The van der Waals surface area contributed by atoms with Gasteiger partial charge in [0.1, 0.15) is 0 Å². The van der Waals surface area contributed by atoms with Gasteiger partial charge in [0, 0.05) is 48.2 Å². The number of imidazole rings is 1. The average molecular weight is 387 g/mol. The highest BCUT2D eigenvalue weighted by Gasteiger charge is 2.32. The number of nitrogens with one attached hydrogen (secondary N) is 2. The molecular formula is C20H26N4O2S. The number of carbonyl (C=O) groups is 2. The molecule has 0 unspecified atom stereocenters. The van der Waals surface area contributed by atoms with Gasteiger partial charge in [0.25, 0.3) is 0 Å². The smallest absolute Gasteiger partial charge is 0.227 e. The lowest BCUT2D eigenvalue weighted by Crippen LogP contribution is -2.45. The Morgan fingerprint density at radius 1 is 1.22 bits per heavy atom. The summed E-state index contributed by atoms with van der Waals surface area (Å²) < 4.78 is 2.45. The van der Waals surface area contributed by atoms with E-state index in [1.54, 1.807) is 6.20 Å². The van der Waals surface area contributed by atoms with Crippen molar-refractivity contribution in [1.82, 2.24) is 14.5 Å². The fraction of sp³-hybridized carbons (Fsp3) is 0.450. The number of aromatic amines is 1. The van der Waals surface area contributed by atoms with E-state index in [4.69, 9.17) is 12.2 Å². The minimum absolute atomic E-state index is 0.00710. The van der Waals surface area contributed by atoms with Crippen LogP contribution in [-0.2, 0) is 9.59 Å². The zero-order valence-corrected chi connectivity index (χ0v) is 16.8. The first-order valence-corrected chi connectivity index (χ1v) is 9.63. The van der Waals surface area contributed by atoms with Crippen LogP contribution >= 0.6 is 12.2 Å². The standard InChI is InChI=1S/C20H26N4O2S/c1-20(2,3)18(26)23-10-7-14(8-11-23)17(25)22-15-5-4-6-16(13-15)24-12-9-21-19(24)27/h4-6,9,12-14H,7-8,10-11H2,1-3H3,(H,21,27)(H,22,25). The Balaban J connectivity index is 1.61. The Bertz CT molecular complexity index is 886. The van der Waals surface area contributed by atoms with Gasteiger partial charge in [-0.15, -0.1) is 0 Å². The Morgan fingerprint density at radius 2 is 1.93 bits per heavy atom. The molecule has 0 atom stereocenters. The molecule has 7 heteroatoms. The van der Waals surface area contributed by atoms with Gasteiger partial charge < -0.3 is 15.2 Å². The molecule has 6 nitrogen and oxygen atoms in total. The summed E-state index contributed by atoms with van der Waals surface area (Å²) >= 11 is 5.25. The summed E-state index contributed by atoms with van der Waals surface area (Å²) in [5, 5.41) is 3.01. The van der Waals surface area contributed by atoms with Gasteiger partial charge in [-0.2, -0.15) is 0 Å². The van der Waals surface area contributed by atoms with Gasteiger partial charge in [0.05, 0.1) is 0 Å². The lowest BCUT2D eigenvalue weighted by atomic mass is 9.90. The zero-order valence-electron chi connectivity index (χ0n) is 16.0. The van der Waals surface area contributed by atoms with E-state index in [2.05, 4.69) is 10.3 Å². The van der Waals surface area contributed by atoms with Crippen molar-refractivity contribution in [3.8, 4) is 5.69 Å². The molecule has 1 aromatic carbocycles. The van der Waals surface area contributed by atoms with Crippen molar-refractivity contribution in [2.75, 3.05) is 18.4 Å². The molecule has 27 heavy (non-hydrogen) atoms. The fourth-order valence-electron chi connectivity index (χ4n) is 3.32. The Kier molecular flexibility index (Phi) is 5.51. The maximum Gasteiger partial charge on any atom is 0.227 e. The summed E-state index contributed by atoms with van der Waals surface area (Å²) in [6, 6.07) is 7.61. The summed E-state index contributed by atoms with van der Waals surface area (Å²) in [5.74, 6) is 0.0806. The number of likely N-dealkylation sites (tertiary alicyclic amines) is 1. The number of nitrogens with zero attached hydrogens (tertiary/aromatic N) is 2. The quantitative estimate of drug-likeness (QED) is 0.789. The van der Waals surface area contributed by atoms with Crippen molar-refractivity contribution >= 4 is 29.7 Å². The van der Waals surface area contributed by atoms with Crippen molar-refractivity contribution in [2.45, 2.75) is 33.6 Å². The lowest BCUT2D eigenvalue weighted by Gasteiger charge is -2.35. The van der Waals surface area contributed by atoms with Crippen molar-refractivity contribution < 1.29 is 9.59 Å². The molecule has 2 amide bonds. The number of hydrogen-bond acceptors (Lipinski definition) is 3. The van der Waals surface area contributed by atoms with E-state index < -0.39 is 0 Å². The van der Waals surface area contributed by atoms with E-state index in [-0.39, 0.29) is 23.1 Å². The molecule has 1 aliphatic heterocycles. The molecule has 2 N–H and O–H groups in total. The normalized spacial score (nSPS) is 15.6. The van der Waals surface area contributed by atoms with Crippen LogP contribution in [0.1, 0.15) is 33.6 Å². The summed E-state index contributed by atoms with van der Waals surface area (Å²) in [6.07, 6.45) is 5.01. The van der Waals surface area contributed by atoms with E-state index in [1.165, 1.54) is 0 Å². The van der Waals surface area contributed by atoms with Crippen LogP contribution in [0.25, 0.3) is 5.69 Å². The Labute approximate surface area is 164 Å². The summed E-state index contributed by atoms with van der Waals surface area (Å²) in [4.78, 5) is 29.9. The minimum Gasteiger partial charge on any atom is -0.342 e. The third kappa shape index (κ3) is 4.47. The number of H-pyrrole nitrogens is 1. The SMILES string of the molecule is CC(C)(C)C(=O)N1CCC(C(=O)Nc2cccc(-n3cc[nH]c3=S)c2)CC1. The molecule has 2 heterocycles. The third-order valence-corrected chi connectivity index (χ3v) is 5.15. The van der Waals surface area contributed by atoms with Gasteiger partial charge in [0.2, 0.25) is 11.8 Å². The van der Waals surface area contributed by atoms with Crippen LogP contribution in [0, 0.1) is 16.1 Å². The van der Waals surface area contributed by atoms with Gasteiger partial charge in [0.15, 0.2) is 4.77 Å². The van der Waals surface area contributed by atoms with Crippen molar-refractivity contribution in [2.24, 2.45) is 11.3 Å². The van der Waals surface area contributed by atoms with Gasteiger partial charge in [-0.3, -0.25) is 14.2 Å². The second kappa shape index (κ2) is 7.68. The topological polar surface area (TPSA) is 70.1 Å². The molecule has 0 aliphatic carbocycles. The maximum absolute atomic E-state index is 12.7. The Hall–Kier alpha value is -2.41. The molecule has 144 valence electrons. The van der Waals surface area contributed by atoms with Crippen molar-refractivity contribution in [3.63, 3.8) is 0 Å². The molecule has 1 fully saturated rings. The zero-order chi connectivity index (χ0) is 19.6. The first-order valence-electron chi connectivity index (χ1n) is 9.22. The molecule has 1 aliphatic rings. The van der Waals surface area contributed by atoms with Crippen molar-refractivity contribution in [1.29, 1.82) is 0 Å². The van der Waals surface area contributed by atoms with Gasteiger partial charge in [-0.25, -0.2) is 0 Å². The summed E-state index contributed by atoms with van der Waals surface area (Å²) in [6.45, 7) is 7.05. The largest absolute Gasteiger partial charge is 0.342 e. The van der Waals surface area contributed by atoms with E-state index >= 15 is 0 Å². The van der Waals surface area contributed by atoms with E-state index in [0.717, 1.165) is 11.4 Å². The highest BCUT2D eigenvalue weighted by Crippen LogP contribution is 2.25. The number of anilines is 1. The molecule has 0 radical (unpaired) electrons. The minimum atomic E-state index is -0.380. The van der Waals surface area contributed by atoms with Crippen LogP contribution in [0.15, 0.2) is 36.7 Å². The number of carbonyl (C=O) groups excluding carboxylic acids is 2. The van der Waals surface area contributed by atoms with Gasteiger partial charge >= 0.3 is 0 Å². The maximum atomic E-state index is 12.7. The van der Waals surface area contributed by atoms with Crippen LogP contribution in [0.3, 0.4) is 0 Å². The third-order valence-electron chi connectivity index (χ3n) is 4.84. The van der Waals surface area contributed by atoms with Gasteiger partial charge in [-0.1, -0.05) is 26.8 Å². The summed E-state index contributed by atoms with van der Waals surface area (Å²) in [5.41, 5.74) is 1.26. The number of aromatic nitrogens is 2. The molecular weight excluding hydrogens is 360 g/mol. The Morgan fingerprint density at radius 3 is 2.52 bits per heavy atom. The number of hydrogen-bond donors (Lipinski definition) is 2. The van der Waals surface area contributed by atoms with E-state index in [9.17, 15) is 9.59 Å². The highest BCUT2D eigenvalue weighted by molar-refractivity contribution is 7.71. The van der Waals surface area contributed by atoms with E-state index in [1.807, 2.05) is 60.7 Å². The molecule has 2 aromatic rings. The lowest BCUT2D eigenvalue weighted by molar-refractivity contribution is -0.142. The average Bonchev–Trinajstić information content (AvgIpc) is 3.06. The number of amides is 2. The van der Waals surface area contributed by atoms with Crippen LogP contribution in [0.2, 0.25) is 0 Å². The molecule has 1 aromatic heterocycles. The second-order valence-electron chi connectivity index (χ2n) is 7.99. The second-order valence-corrected chi connectivity index (χ2v) is 8.38. The number of piperidine rings is 1. The molecule has 0 bridgehead atoms. The van der Waals surface area contributed by atoms with Crippen LogP contribution < -0.4 is 5.32 Å². The summed E-state index contributed by atoms with van der Waals surface area (Å²) in [7, 11) is 0. The molecule has 0 spiro atoms. The number of rotatable bonds is 3. The van der Waals surface area contributed by atoms with Crippen LogP contribution in [0.4, 0.5) is 5.69 Å². The van der Waals surface area contributed by atoms with Crippen LogP contribution in [-0.4, -0.2) is 39.4 Å². The highest BCUT2D eigenvalue weighted by atomic mass is 32.1. The van der Waals surface area contributed by atoms with Gasteiger partial charge in [-0.05, 0) is 43.3 Å². The number of benzene rings is 1. The first kappa shape index (κ1) is 19.4. The predicted molar refractivity (Wildman–Crippen MR) is 108 cm³/mol. The first-order chi connectivity index (χ1) is 12.8. The molecule has 3 rings (SSSR count). The molecule has 1 saturated heterocycles. The monoisotopic (exact) mass is 386 g/mol. The van der Waals surface area contributed by atoms with E-state index in [0.29, 0.717) is 30.7 Å². The van der Waals surface area contributed by atoms with Crippen molar-refractivity contribution in [3.05, 3.63) is 41.4 Å². The fourth-order valence-corrected chi connectivity index (χ4v) is 3.55. The predicted octanol–water partition coefficient (Wildman–Crippen LogP) is 3.76. The molecule has 0 saturated carbocycles.